The molecular weight excluding hydrogens is 536 g/mol. The van der Waals surface area contributed by atoms with Crippen LogP contribution in [0.5, 0.6) is 0 Å². The van der Waals surface area contributed by atoms with Gasteiger partial charge in [0.2, 0.25) is 0 Å². The van der Waals surface area contributed by atoms with E-state index in [0.717, 1.165) is 12.1 Å². The van der Waals surface area contributed by atoms with Gasteiger partial charge in [0.15, 0.2) is 0 Å². The highest BCUT2D eigenvalue weighted by atomic mass is 16.3. The number of nitrogens with zero attached hydrogens (tertiary/aromatic N) is 1. The van der Waals surface area contributed by atoms with Crippen molar-refractivity contribution in [2.24, 2.45) is 5.73 Å². The second-order valence-electron chi connectivity index (χ2n) is 14.1. The van der Waals surface area contributed by atoms with Gasteiger partial charge in [0, 0.05) is 13.0 Å². The summed E-state index contributed by atoms with van der Waals surface area (Å²) < 4.78 is 0. The highest BCUT2D eigenvalue weighted by molar-refractivity contribution is 5.24. The van der Waals surface area contributed by atoms with Gasteiger partial charge in [0.05, 0.1) is 0 Å². The molecule has 0 radical (unpaired) electrons. The first kappa shape index (κ1) is 41.1. The van der Waals surface area contributed by atoms with Crippen molar-refractivity contribution >= 4 is 0 Å². The van der Waals surface area contributed by atoms with E-state index >= 15 is 0 Å². The minimum absolute atomic E-state index is 0.533. The zero-order chi connectivity index (χ0) is 31.8. The molecule has 0 amide bonds. The third-order valence-corrected chi connectivity index (χ3v) is 9.50. The summed E-state index contributed by atoms with van der Waals surface area (Å²) in [4.78, 5) is 2.69. The Labute approximate surface area is 276 Å². The average Bonchev–Trinajstić information content (AvgIpc) is 3.01. The number of hydrogen-bond donors (Lipinski definition) is 2. The van der Waals surface area contributed by atoms with Crippen LogP contribution < -0.4 is 5.73 Å². The van der Waals surface area contributed by atoms with E-state index in [1.807, 2.05) is 0 Å². The standard InChI is InChI=1S/C41H78N2O/c1-3-5-7-9-11-13-15-17-19-21-23-25-27-29-34-43(38-40-33-31-32-39(36-40)37-41(42)44)35-30-28-26-24-22-20-18-16-14-12-10-8-6-4-2/h31-33,36,41,44H,3-30,34-35,37-38,42H2,1-2H3. The lowest BCUT2D eigenvalue weighted by Gasteiger charge is -2.23. The second-order valence-corrected chi connectivity index (χ2v) is 14.1. The third-order valence-electron chi connectivity index (χ3n) is 9.50. The summed E-state index contributed by atoms with van der Waals surface area (Å²) in [6.45, 7) is 8.04. The smallest absolute Gasteiger partial charge is 0.106 e. The van der Waals surface area contributed by atoms with Crippen LogP contribution in [0.1, 0.15) is 205 Å². The topological polar surface area (TPSA) is 49.5 Å². The summed E-state index contributed by atoms with van der Waals surface area (Å²) in [6.07, 6.45) is 39.4. The fraction of sp³-hybridized carbons (Fsp3) is 0.854. The number of nitrogens with two attached hydrogens (primary N) is 1. The maximum Gasteiger partial charge on any atom is 0.106 e. The van der Waals surface area contributed by atoms with Gasteiger partial charge in [-0.25, -0.2) is 0 Å². The van der Waals surface area contributed by atoms with Crippen LogP contribution >= 0.6 is 0 Å². The van der Waals surface area contributed by atoms with Crippen LogP contribution in [0.15, 0.2) is 24.3 Å². The molecule has 3 N–H and O–H groups in total. The van der Waals surface area contributed by atoms with E-state index in [4.69, 9.17) is 5.73 Å². The molecule has 1 rings (SSSR count). The quantitative estimate of drug-likeness (QED) is 0.0599. The predicted octanol–water partition coefficient (Wildman–Crippen LogP) is 12.3. The average molecular weight is 615 g/mol. The molecule has 258 valence electrons. The molecule has 3 nitrogen and oxygen atoms in total. The zero-order valence-corrected chi connectivity index (χ0v) is 30.0. The number of unbranched alkanes of at least 4 members (excludes halogenated alkanes) is 26. The van der Waals surface area contributed by atoms with Crippen molar-refractivity contribution in [2.75, 3.05) is 13.1 Å². The Kier molecular flexibility index (Phi) is 30.0. The van der Waals surface area contributed by atoms with Gasteiger partial charge >= 0.3 is 0 Å². The molecule has 0 aliphatic heterocycles. The summed E-state index contributed by atoms with van der Waals surface area (Å²) in [5.74, 6) is 0. The first-order valence-corrected chi connectivity index (χ1v) is 19.9. The Morgan fingerprint density at radius 3 is 1.16 bits per heavy atom. The minimum Gasteiger partial charge on any atom is -0.378 e. The molecule has 0 bridgehead atoms. The van der Waals surface area contributed by atoms with Crippen molar-refractivity contribution < 1.29 is 5.11 Å². The van der Waals surface area contributed by atoms with Crippen molar-refractivity contribution in [2.45, 2.75) is 213 Å². The van der Waals surface area contributed by atoms with Crippen LogP contribution in [0.25, 0.3) is 0 Å². The number of aliphatic hydroxyl groups excluding tert-OH is 1. The SMILES string of the molecule is CCCCCCCCCCCCCCCCN(CCCCCCCCCCCCCCCC)Cc1cccc(CC(N)O)c1. The molecule has 1 aromatic carbocycles. The molecule has 1 atom stereocenters. The molecule has 0 fully saturated rings. The highest BCUT2D eigenvalue weighted by Gasteiger charge is 2.08. The van der Waals surface area contributed by atoms with Crippen molar-refractivity contribution in [3.63, 3.8) is 0 Å². The molecule has 0 spiro atoms. The molecule has 1 aromatic rings. The lowest BCUT2D eigenvalue weighted by atomic mass is 10.0. The Hall–Kier alpha value is -0.900. The molecule has 3 heteroatoms. The van der Waals surface area contributed by atoms with Gasteiger partial charge in [-0.1, -0.05) is 205 Å². The van der Waals surface area contributed by atoms with Gasteiger partial charge in [-0.05, 0) is 37.1 Å². The summed E-state index contributed by atoms with van der Waals surface area (Å²) >= 11 is 0. The number of rotatable bonds is 34. The summed E-state index contributed by atoms with van der Waals surface area (Å²) in [5.41, 5.74) is 8.16. The molecule has 44 heavy (non-hydrogen) atoms. The minimum atomic E-state index is -0.771. The first-order chi connectivity index (χ1) is 21.7. The largest absolute Gasteiger partial charge is 0.378 e. The Bertz CT molecular complexity index is 674. The van der Waals surface area contributed by atoms with E-state index in [2.05, 4.69) is 43.0 Å². The molecule has 0 aliphatic rings. The molecular formula is C41H78N2O. The van der Waals surface area contributed by atoms with E-state index in [1.54, 1.807) is 0 Å². The molecule has 0 aliphatic carbocycles. The van der Waals surface area contributed by atoms with Crippen molar-refractivity contribution in [1.82, 2.24) is 4.90 Å². The van der Waals surface area contributed by atoms with Crippen LogP contribution in [0.4, 0.5) is 0 Å². The third kappa shape index (κ3) is 27.4. The van der Waals surface area contributed by atoms with E-state index in [1.165, 1.54) is 198 Å². The maximum absolute atomic E-state index is 9.64. The Morgan fingerprint density at radius 1 is 0.500 bits per heavy atom. The van der Waals surface area contributed by atoms with Gasteiger partial charge < -0.3 is 10.8 Å². The first-order valence-electron chi connectivity index (χ1n) is 19.9. The highest BCUT2D eigenvalue weighted by Crippen LogP contribution is 2.17. The van der Waals surface area contributed by atoms with Gasteiger partial charge in [-0.2, -0.15) is 0 Å². The Balaban J connectivity index is 2.20. The van der Waals surface area contributed by atoms with Gasteiger partial charge in [0.25, 0.3) is 0 Å². The number of hydrogen-bond acceptors (Lipinski definition) is 3. The fourth-order valence-electron chi connectivity index (χ4n) is 6.68. The molecule has 0 heterocycles. The summed E-state index contributed by atoms with van der Waals surface area (Å²) in [5, 5.41) is 9.64. The zero-order valence-electron chi connectivity index (χ0n) is 30.0. The summed E-state index contributed by atoms with van der Waals surface area (Å²) in [7, 11) is 0. The van der Waals surface area contributed by atoms with E-state index < -0.39 is 6.23 Å². The van der Waals surface area contributed by atoms with Crippen LogP contribution in [0.3, 0.4) is 0 Å². The lowest BCUT2D eigenvalue weighted by molar-refractivity contribution is 0.183. The van der Waals surface area contributed by atoms with Crippen molar-refractivity contribution in [3.05, 3.63) is 35.4 Å². The van der Waals surface area contributed by atoms with Gasteiger partial charge in [-0.3, -0.25) is 4.90 Å². The van der Waals surface area contributed by atoms with Gasteiger partial charge in [0.1, 0.15) is 6.23 Å². The number of benzene rings is 1. The molecule has 1 unspecified atom stereocenters. The van der Waals surface area contributed by atoms with E-state index in [0.29, 0.717) is 6.42 Å². The van der Waals surface area contributed by atoms with Gasteiger partial charge in [-0.15, -0.1) is 0 Å². The molecule has 0 saturated carbocycles. The number of aliphatic hydroxyl groups is 1. The van der Waals surface area contributed by atoms with Crippen molar-refractivity contribution in [1.29, 1.82) is 0 Å². The summed E-state index contributed by atoms with van der Waals surface area (Å²) in [6, 6.07) is 8.71. The normalized spacial score (nSPS) is 12.4. The second kappa shape index (κ2) is 32.1. The van der Waals surface area contributed by atoms with Crippen LogP contribution in [0, 0.1) is 0 Å². The lowest BCUT2D eigenvalue weighted by Crippen LogP contribution is -2.26. The van der Waals surface area contributed by atoms with Crippen LogP contribution in [0.2, 0.25) is 0 Å². The van der Waals surface area contributed by atoms with Crippen LogP contribution in [-0.4, -0.2) is 29.3 Å². The van der Waals surface area contributed by atoms with Crippen LogP contribution in [-0.2, 0) is 13.0 Å². The predicted molar refractivity (Wildman–Crippen MR) is 196 cm³/mol. The molecule has 0 saturated heterocycles. The Morgan fingerprint density at radius 2 is 0.818 bits per heavy atom. The maximum atomic E-state index is 9.64. The fourth-order valence-corrected chi connectivity index (χ4v) is 6.68. The van der Waals surface area contributed by atoms with Crippen molar-refractivity contribution in [3.8, 4) is 0 Å². The van der Waals surface area contributed by atoms with E-state index in [-0.39, 0.29) is 0 Å². The molecule has 0 aromatic heterocycles. The van der Waals surface area contributed by atoms with E-state index in [9.17, 15) is 5.11 Å². The monoisotopic (exact) mass is 615 g/mol.